The number of pyridine rings is 1. The van der Waals surface area contributed by atoms with Gasteiger partial charge in [-0.25, -0.2) is 4.39 Å². The maximum Gasteiger partial charge on any atom is 0.165 e. The number of hydrogen-bond donors (Lipinski definition) is 0. The van der Waals surface area contributed by atoms with Crippen molar-refractivity contribution in [3.63, 3.8) is 0 Å². The molecule has 0 amide bonds. The summed E-state index contributed by atoms with van der Waals surface area (Å²) in [6.07, 6.45) is 5.83. The van der Waals surface area contributed by atoms with Crippen molar-refractivity contribution in [2.45, 2.75) is 52.1 Å². The average Bonchev–Trinajstić information content (AvgIpc) is 2.82. The SMILES string of the molecule is CCCC(=O)c1cc(CCC(=O)c2ccc3c(c2)C(CC)Oc2cnccc2-3)ccc1F. The monoisotopic (exact) mass is 431 g/mol. The van der Waals surface area contributed by atoms with Crippen LogP contribution in [0.15, 0.2) is 54.9 Å². The van der Waals surface area contributed by atoms with Crippen LogP contribution in [0.4, 0.5) is 4.39 Å². The molecular formula is C27H26FNO3. The minimum atomic E-state index is -0.505. The molecule has 5 heteroatoms. The molecule has 4 rings (SSSR count). The molecule has 2 heterocycles. The maximum atomic E-state index is 14.0. The number of benzene rings is 2. The molecule has 1 atom stereocenters. The Morgan fingerprint density at radius 3 is 2.62 bits per heavy atom. The summed E-state index contributed by atoms with van der Waals surface area (Å²) in [4.78, 5) is 29.2. The molecule has 0 fully saturated rings. The van der Waals surface area contributed by atoms with E-state index in [2.05, 4.69) is 11.9 Å². The summed E-state index contributed by atoms with van der Waals surface area (Å²) in [5.74, 6) is 0.0628. The van der Waals surface area contributed by atoms with Gasteiger partial charge < -0.3 is 4.74 Å². The first-order valence-electron chi connectivity index (χ1n) is 11.1. The molecule has 1 aliphatic heterocycles. The zero-order valence-electron chi connectivity index (χ0n) is 18.4. The van der Waals surface area contributed by atoms with Gasteiger partial charge in [0.05, 0.1) is 11.8 Å². The summed E-state index contributed by atoms with van der Waals surface area (Å²) in [7, 11) is 0. The quantitative estimate of drug-likeness (QED) is 0.381. The number of carbonyl (C=O) groups is 2. The van der Waals surface area contributed by atoms with Gasteiger partial charge in [0.1, 0.15) is 17.7 Å². The minimum absolute atomic E-state index is 0.00828. The number of hydrogen-bond acceptors (Lipinski definition) is 4. The fourth-order valence-corrected chi connectivity index (χ4v) is 4.17. The van der Waals surface area contributed by atoms with Crippen molar-refractivity contribution < 1.29 is 18.7 Å². The number of aryl methyl sites for hydroxylation is 1. The summed E-state index contributed by atoms with van der Waals surface area (Å²) in [5, 5.41) is 0. The van der Waals surface area contributed by atoms with Crippen molar-refractivity contribution in [2.75, 3.05) is 0 Å². The Bertz CT molecular complexity index is 1170. The van der Waals surface area contributed by atoms with Crippen LogP contribution in [-0.4, -0.2) is 16.6 Å². The normalized spacial score (nSPS) is 14.3. The molecule has 0 bridgehead atoms. The zero-order chi connectivity index (χ0) is 22.7. The fraction of sp³-hybridized carbons (Fsp3) is 0.296. The van der Waals surface area contributed by atoms with Gasteiger partial charge in [0.2, 0.25) is 0 Å². The van der Waals surface area contributed by atoms with Crippen LogP contribution in [-0.2, 0) is 6.42 Å². The molecule has 0 spiro atoms. The molecule has 164 valence electrons. The summed E-state index contributed by atoms with van der Waals surface area (Å²) in [6.45, 7) is 3.94. The maximum absolute atomic E-state index is 14.0. The van der Waals surface area contributed by atoms with Crippen molar-refractivity contribution in [1.29, 1.82) is 0 Å². The van der Waals surface area contributed by atoms with E-state index in [1.807, 2.05) is 31.2 Å². The van der Waals surface area contributed by atoms with Crippen molar-refractivity contribution in [3.8, 4) is 16.9 Å². The molecular weight excluding hydrogens is 405 g/mol. The summed E-state index contributed by atoms with van der Waals surface area (Å²) >= 11 is 0. The van der Waals surface area contributed by atoms with Crippen LogP contribution in [0.2, 0.25) is 0 Å². The highest BCUT2D eigenvalue weighted by Gasteiger charge is 2.26. The van der Waals surface area contributed by atoms with Gasteiger partial charge in [0.25, 0.3) is 0 Å². The van der Waals surface area contributed by atoms with Crippen molar-refractivity contribution in [1.82, 2.24) is 4.98 Å². The van der Waals surface area contributed by atoms with Crippen LogP contribution in [0.25, 0.3) is 11.1 Å². The molecule has 32 heavy (non-hydrogen) atoms. The number of rotatable bonds is 8. The molecule has 2 aromatic carbocycles. The fourth-order valence-electron chi connectivity index (χ4n) is 4.17. The molecule has 1 aromatic heterocycles. The summed E-state index contributed by atoms with van der Waals surface area (Å²) in [6, 6.07) is 12.2. The topological polar surface area (TPSA) is 56.3 Å². The van der Waals surface area contributed by atoms with Crippen molar-refractivity contribution >= 4 is 11.6 Å². The molecule has 0 saturated carbocycles. The van der Waals surface area contributed by atoms with E-state index in [-0.39, 0.29) is 29.7 Å². The van der Waals surface area contributed by atoms with Crippen LogP contribution in [0.5, 0.6) is 5.75 Å². The van der Waals surface area contributed by atoms with E-state index in [9.17, 15) is 14.0 Å². The second-order valence-corrected chi connectivity index (χ2v) is 8.10. The second-order valence-electron chi connectivity index (χ2n) is 8.10. The first kappa shape index (κ1) is 21.9. The molecule has 0 saturated heterocycles. The first-order chi connectivity index (χ1) is 15.5. The van der Waals surface area contributed by atoms with Crippen LogP contribution >= 0.6 is 0 Å². The third kappa shape index (κ3) is 4.33. The Labute approximate surface area is 187 Å². The number of fused-ring (bicyclic) bond motifs is 3. The lowest BCUT2D eigenvalue weighted by Crippen LogP contribution is -2.14. The van der Waals surface area contributed by atoms with Gasteiger partial charge in [-0.05, 0) is 54.7 Å². The molecule has 1 aliphatic rings. The largest absolute Gasteiger partial charge is 0.483 e. The number of ketones is 2. The minimum Gasteiger partial charge on any atom is -0.483 e. The Balaban J connectivity index is 1.53. The van der Waals surface area contributed by atoms with Gasteiger partial charge in [-0.1, -0.05) is 32.0 Å². The highest BCUT2D eigenvalue weighted by molar-refractivity contribution is 5.98. The van der Waals surface area contributed by atoms with Gasteiger partial charge in [-0.15, -0.1) is 0 Å². The van der Waals surface area contributed by atoms with Crippen LogP contribution in [0, 0.1) is 5.82 Å². The van der Waals surface area contributed by atoms with E-state index >= 15 is 0 Å². The Hall–Kier alpha value is -3.34. The molecule has 4 nitrogen and oxygen atoms in total. The lowest BCUT2D eigenvalue weighted by Gasteiger charge is -2.28. The van der Waals surface area contributed by atoms with E-state index in [1.165, 1.54) is 6.07 Å². The number of carbonyl (C=O) groups excluding carboxylic acids is 2. The van der Waals surface area contributed by atoms with E-state index in [1.54, 1.807) is 24.5 Å². The lowest BCUT2D eigenvalue weighted by molar-refractivity contribution is 0.0973. The molecule has 0 radical (unpaired) electrons. The standard InChI is InChI=1S/C27H26FNO3/c1-3-5-25(31)22-14-17(6-10-23(22)28)7-11-24(30)18-8-9-19-20-12-13-29-16-27(20)32-26(4-2)21(19)15-18/h6,8-10,12-16,26H,3-5,7,11H2,1-2H3. The Morgan fingerprint density at radius 2 is 1.84 bits per heavy atom. The zero-order valence-corrected chi connectivity index (χ0v) is 18.4. The first-order valence-corrected chi connectivity index (χ1v) is 11.1. The van der Waals surface area contributed by atoms with Gasteiger partial charge in [-0.3, -0.25) is 14.6 Å². The Morgan fingerprint density at radius 1 is 1.00 bits per heavy atom. The van der Waals surface area contributed by atoms with Crippen molar-refractivity contribution in [2.24, 2.45) is 0 Å². The average molecular weight is 432 g/mol. The van der Waals surface area contributed by atoms with E-state index in [4.69, 9.17) is 4.74 Å². The predicted octanol–water partition coefficient (Wildman–Crippen LogP) is 6.53. The highest BCUT2D eigenvalue weighted by atomic mass is 19.1. The van der Waals surface area contributed by atoms with Crippen LogP contribution < -0.4 is 4.74 Å². The van der Waals surface area contributed by atoms with Gasteiger partial charge in [0, 0.05) is 35.7 Å². The molecule has 3 aromatic rings. The smallest absolute Gasteiger partial charge is 0.165 e. The van der Waals surface area contributed by atoms with Crippen LogP contribution in [0.3, 0.4) is 0 Å². The number of halogens is 1. The van der Waals surface area contributed by atoms with E-state index in [0.29, 0.717) is 24.8 Å². The molecule has 0 aliphatic carbocycles. The van der Waals surface area contributed by atoms with E-state index in [0.717, 1.165) is 34.4 Å². The predicted molar refractivity (Wildman–Crippen MR) is 122 cm³/mol. The van der Waals surface area contributed by atoms with Gasteiger partial charge in [-0.2, -0.15) is 0 Å². The summed E-state index contributed by atoms with van der Waals surface area (Å²) in [5.41, 5.74) is 4.58. The number of aromatic nitrogens is 1. The van der Waals surface area contributed by atoms with Crippen molar-refractivity contribution in [3.05, 3.63) is 82.9 Å². The van der Waals surface area contributed by atoms with Crippen LogP contribution in [0.1, 0.15) is 77.5 Å². The highest BCUT2D eigenvalue weighted by Crippen LogP contribution is 2.43. The van der Waals surface area contributed by atoms with Gasteiger partial charge >= 0.3 is 0 Å². The van der Waals surface area contributed by atoms with E-state index < -0.39 is 5.82 Å². The lowest BCUT2D eigenvalue weighted by atomic mass is 9.89. The third-order valence-electron chi connectivity index (χ3n) is 5.88. The number of Topliss-reactive ketones (excluding diaryl/α,β-unsaturated/α-hetero) is 2. The van der Waals surface area contributed by atoms with Gasteiger partial charge in [0.15, 0.2) is 11.6 Å². The number of ether oxygens (including phenoxy) is 1. The molecule has 1 unspecified atom stereocenters. The Kier molecular flexibility index (Phi) is 6.45. The molecule has 0 N–H and O–H groups in total. The second kappa shape index (κ2) is 9.43. The summed E-state index contributed by atoms with van der Waals surface area (Å²) < 4.78 is 20.1. The third-order valence-corrected chi connectivity index (χ3v) is 5.88. The number of nitrogens with zero attached hydrogens (tertiary/aromatic N) is 1.